The predicted molar refractivity (Wildman–Crippen MR) is 61.3 cm³/mol. The van der Waals surface area contributed by atoms with Gasteiger partial charge in [-0.2, -0.15) is 0 Å². The summed E-state index contributed by atoms with van der Waals surface area (Å²) < 4.78 is 0. The molecular weight excluding hydrogens is 206 g/mol. The van der Waals surface area contributed by atoms with Gasteiger partial charge < -0.3 is 15.5 Å². The molecule has 0 aliphatic rings. The first-order chi connectivity index (χ1) is 7.74. The smallest absolute Gasteiger partial charge is 0.323 e. The van der Waals surface area contributed by atoms with Crippen LogP contribution in [0.25, 0.3) is 0 Å². The number of aliphatic carboxylic acids is 1. The van der Waals surface area contributed by atoms with E-state index in [1.165, 1.54) is 5.56 Å². The largest absolute Gasteiger partial charge is 0.480 e. The van der Waals surface area contributed by atoms with Crippen LogP contribution >= 0.6 is 0 Å². The summed E-state index contributed by atoms with van der Waals surface area (Å²) in [5.74, 6) is -1.01. The van der Waals surface area contributed by atoms with E-state index >= 15 is 0 Å². The molecule has 4 heteroatoms. The van der Waals surface area contributed by atoms with Crippen LogP contribution in [0, 0.1) is 0 Å². The molecule has 0 fully saturated rings. The van der Waals surface area contributed by atoms with Crippen LogP contribution in [-0.2, 0) is 11.2 Å². The van der Waals surface area contributed by atoms with Crippen LogP contribution in [0.5, 0.6) is 0 Å². The Kier molecular flexibility index (Phi) is 5.53. The number of hydrogen-bond acceptors (Lipinski definition) is 3. The van der Waals surface area contributed by atoms with Gasteiger partial charge in [-0.1, -0.05) is 30.3 Å². The Balaban J connectivity index is 2.19. The van der Waals surface area contributed by atoms with Crippen molar-refractivity contribution in [3.63, 3.8) is 0 Å². The van der Waals surface area contributed by atoms with Gasteiger partial charge in [0.25, 0.3) is 0 Å². The zero-order valence-corrected chi connectivity index (χ0v) is 9.10. The van der Waals surface area contributed by atoms with Crippen molar-refractivity contribution in [1.82, 2.24) is 5.32 Å². The van der Waals surface area contributed by atoms with E-state index in [4.69, 9.17) is 10.2 Å². The van der Waals surface area contributed by atoms with Crippen LogP contribution in [0.4, 0.5) is 0 Å². The summed E-state index contributed by atoms with van der Waals surface area (Å²) in [4.78, 5) is 10.6. The van der Waals surface area contributed by atoms with E-state index in [0.717, 1.165) is 12.8 Å². The van der Waals surface area contributed by atoms with Gasteiger partial charge in [-0.15, -0.1) is 0 Å². The first-order valence-corrected chi connectivity index (χ1v) is 5.35. The third-order valence-electron chi connectivity index (χ3n) is 2.36. The molecule has 0 spiro atoms. The van der Waals surface area contributed by atoms with Crippen LogP contribution in [-0.4, -0.2) is 35.4 Å². The molecule has 1 aromatic carbocycles. The van der Waals surface area contributed by atoms with Gasteiger partial charge in [-0.25, -0.2) is 0 Å². The maximum absolute atomic E-state index is 10.6. The van der Waals surface area contributed by atoms with Crippen molar-refractivity contribution in [3.05, 3.63) is 35.9 Å². The molecule has 0 saturated heterocycles. The number of aliphatic hydroxyl groups is 1. The fourth-order valence-electron chi connectivity index (χ4n) is 1.44. The molecule has 0 aliphatic heterocycles. The lowest BCUT2D eigenvalue weighted by Crippen LogP contribution is -2.40. The van der Waals surface area contributed by atoms with Crippen LogP contribution in [0.2, 0.25) is 0 Å². The summed E-state index contributed by atoms with van der Waals surface area (Å²) in [7, 11) is 0. The molecule has 1 unspecified atom stereocenters. The van der Waals surface area contributed by atoms with Gasteiger partial charge in [-0.05, 0) is 24.9 Å². The zero-order valence-electron chi connectivity index (χ0n) is 9.10. The van der Waals surface area contributed by atoms with E-state index in [1.807, 2.05) is 30.3 Å². The van der Waals surface area contributed by atoms with E-state index in [-0.39, 0.29) is 6.61 Å². The highest BCUT2D eigenvalue weighted by Crippen LogP contribution is 2.01. The Bertz CT molecular complexity index is 313. The average molecular weight is 223 g/mol. The molecule has 0 saturated carbocycles. The molecule has 0 radical (unpaired) electrons. The molecule has 0 bridgehead atoms. The van der Waals surface area contributed by atoms with Crippen molar-refractivity contribution in [2.24, 2.45) is 0 Å². The third kappa shape index (κ3) is 4.42. The molecule has 1 atom stereocenters. The Morgan fingerprint density at radius 3 is 2.56 bits per heavy atom. The van der Waals surface area contributed by atoms with Crippen LogP contribution in [0.3, 0.4) is 0 Å². The molecular formula is C12H17NO3. The summed E-state index contributed by atoms with van der Waals surface area (Å²) >= 11 is 0. The van der Waals surface area contributed by atoms with Gasteiger partial charge in [0.15, 0.2) is 0 Å². The summed E-state index contributed by atoms with van der Waals surface area (Å²) in [5, 5.41) is 20.2. The van der Waals surface area contributed by atoms with Crippen molar-refractivity contribution in [2.75, 3.05) is 13.2 Å². The van der Waals surface area contributed by atoms with E-state index in [9.17, 15) is 4.79 Å². The SMILES string of the molecule is O=C(O)C(CO)NCCCc1ccccc1. The third-order valence-corrected chi connectivity index (χ3v) is 2.36. The van der Waals surface area contributed by atoms with Crippen molar-refractivity contribution >= 4 is 5.97 Å². The van der Waals surface area contributed by atoms with E-state index in [2.05, 4.69) is 5.32 Å². The highest BCUT2D eigenvalue weighted by Gasteiger charge is 2.13. The topological polar surface area (TPSA) is 69.6 Å². The summed E-state index contributed by atoms with van der Waals surface area (Å²) in [6.45, 7) is 0.215. The van der Waals surface area contributed by atoms with Gasteiger partial charge in [0.05, 0.1) is 6.61 Å². The zero-order chi connectivity index (χ0) is 11.8. The number of aryl methyl sites for hydroxylation is 1. The lowest BCUT2D eigenvalue weighted by molar-refractivity contribution is -0.140. The minimum Gasteiger partial charge on any atom is -0.480 e. The van der Waals surface area contributed by atoms with Crippen LogP contribution < -0.4 is 5.32 Å². The molecule has 0 heterocycles. The lowest BCUT2D eigenvalue weighted by Gasteiger charge is -2.10. The second kappa shape index (κ2) is 6.98. The molecule has 16 heavy (non-hydrogen) atoms. The maximum atomic E-state index is 10.6. The number of carboxylic acids is 1. The minimum atomic E-state index is -1.01. The van der Waals surface area contributed by atoms with E-state index < -0.39 is 12.0 Å². The molecule has 1 rings (SSSR count). The van der Waals surface area contributed by atoms with Crippen LogP contribution in [0.1, 0.15) is 12.0 Å². The van der Waals surface area contributed by atoms with Crippen molar-refractivity contribution < 1.29 is 15.0 Å². The number of nitrogens with one attached hydrogen (secondary N) is 1. The number of hydrogen-bond donors (Lipinski definition) is 3. The molecule has 4 nitrogen and oxygen atoms in total. The Morgan fingerprint density at radius 2 is 2.00 bits per heavy atom. The van der Waals surface area contributed by atoms with Crippen molar-refractivity contribution in [1.29, 1.82) is 0 Å². The second-order valence-electron chi connectivity index (χ2n) is 3.62. The standard InChI is InChI=1S/C12H17NO3/c14-9-11(12(15)16)13-8-4-7-10-5-2-1-3-6-10/h1-3,5-6,11,13-14H,4,7-9H2,(H,15,16). The van der Waals surface area contributed by atoms with E-state index in [1.54, 1.807) is 0 Å². The lowest BCUT2D eigenvalue weighted by atomic mass is 10.1. The highest BCUT2D eigenvalue weighted by atomic mass is 16.4. The normalized spacial score (nSPS) is 12.3. The number of carbonyl (C=O) groups is 1. The Morgan fingerprint density at radius 1 is 1.31 bits per heavy atom. The summed E-state index contributed by atoms with van der Waals surface area (Å²) in [6.07, 6.45) is 1.76. The molecule has 0 aliphatic carbocycles. The van der Waals surface area contributed by atoms with Gasteiger partial charge in [0.2, 0.25) is 0 Å². The number of benzene rings is 1. The Labute approximate surface area is 94.9 Å². The maximum Gasteiger partial charge on any atom is 0.323 e. The monoisotopic (exact) mass is 223 g/mol. The number of aliphatic hydroxyl groups excluding tert-OH is 1. The first kappa shape index (κ1) is 12.7. The van der Waals surface area contributed by atoms with Crippen LogP contribution in [0.15, 0.2) is 30.3 Å². The second-order valence-corrected chi connectivity index (χ2v) is 3.62. The first-order valence-electron chi connectivity index (χ1n) is 5.35. The highest BCUT2D eigenvalue weighted by molar-refractivity contribution is 5.73. The number of carboxylic acid groups (broad SMARTS) is 1. The predicted octanol–water partition coefficient (Wildman–Crippen LogP) is 0.654. The van der Waals surface area contributed by atoms with E-state index in [0.29, 0.717) is 6.54 Å². The fourth-order valence-corrected chi connectivity index (χ4v) is 1.44. The molecule has 0 aromatic heterocycles. The molecule has 0 amide bonds. The molecule has 1 aromatic rings. The minimum absolute atomic E-state index is 0.374. The molecule has 3 N–H and O–H groups in total. The van der Waals surface area contributed by atoms with Crippen molar-refractivity contribution in [2.45, 2.75) is 18.9 Å². The number of rotatable bonds is 7. The summed E-state index contributed by atoms with van der Waals surface area (Å²) in [5.41, 5.74) is 1.24. The van der Waals surface area contributed by atoms with Gasteiger partial charge in [0.1, 0.15) is 6.04 Å². The van der Waals surface area contributed by atoms with Gasteiger partial charge in [-0.3, -0.25) is 4.79 Å². The van der Waals surface area contributed by atoms with Crippen molar-refractivity contribution in [3.8, 4) is 0 Å². The fraction of sp³-hybridized carbons (Fsp3) is 0.417. The summed E-state index contributed by atoms with van der Waals surface area (Å²) in [6, 6.07) is 9.17. The van der Waals surface area contributed by atoms with Gasteiger partial charge in [0, 0.05) is 0 Å². The Hall–Kier alpha value is -1.39. The average Bonchev–Trinajstić information content (AvgIpc) is 2.30. The molecule has 88 valence electrons. The van der Waals surface area contributed by atoms with Gasteiger partial charge >= 0.3 is 5.97 Å². The quantitative estimate of drug-likeness (QED) is 0.594.